The third kappa shape index (κ3) is 3.63. The third-order valence-corrected chi connectivity index (χ3v) is 15.5. The first-order valence-electron chi connectivity index (χ1n) is 22.1. The van der Waals surface area contributed by atoms with Crippen LogP contribution >= 0.6 is 0 Å². The molecule has 11 aromatic rings. The van der Waals surface area contributed by atoms with Gasteiger partial charge in [0, 0.05) is 38.6 Å². The van der Waals surface area contributed by atoms with E-state index in [9.17, 15) is 0 Å². The monoisotopic (exact) mass is 786 g/mol. The minimum absolute atomic E-state index is 0.0249. The molecule has 1 aliphatic carbocycles. The lowest BCUT2D eigenvalue weighted by molar-refractivity contribution is 0.749. The summed E-state index contributed by atoms with van der Waals surface area (Å²) in [5.74, 6) is 0. The summed E-state index contributed by atoms with van der Waals surface area (Å²) in [4.78, 5) is 0. The second-order valence-electron chi connectivity index (χ2n) is 18.6. The zero-order valence-electron chi connectivity index (χ0n) is 35.1. The van der Waals surface area contributed by atoms with Crippen LogP contribution in [0.4, 0.5) is 0 Å². The highest BCUT2D eigenvalue weighted by Gasteiger charge is 2.54. The molecule has 1 spiro atoms. The highest BCUT2D eigenvalue weighted by Crippen LogP contribution is 2.62. The maximum atomic E-state index is 2.74. The number of rotatable bonds is 2. The van der Waals surface area contributed by atoms with Gasteiger partial charge in [0.15, 0.2) is 0 Å². The zero-order chi connectivity index (χ0) is 40.9. The Labute approximate surface area is 360 Å². The van der Waals surface area contributed by atoms with Crippen molar-refractivity contribution < 1.29 is 0 Å². The van der Waals surface area contributed by atoms with Crippen LogP contribution in [0.5, 0.6) is 0 Å². The van der Waals surface area contributed by atoms with Crippen LogP contribution in [0.1, 0.15) is 44.5 Å². The van der Waals surface area contributed by atoms with Crippen molar-refractivity contribution >= 4 is 66.6 Å². The van der Waals surface area contributed by atoms with Gasteiger partial charge in [-0.05, 0) is 117 Å². The molecule has 2 nitrogen and oxygen atoms in total. The van der Waals surface area contributed by atoms with Gasteiger partial charge in [0.1, 0.15) is 0 Å². The van der Waals surface area contributed by atoms with Crippen LogP contribution in [0.2, 0.25) is 0 Å². The third-order valence-electron chi connectivity index (χ3n) is 15.5. The molecule has 0 saturated carbocycles. The predicted molar refractivity (Wildman–Crippen MR) is 260 cm³/mol. The lowest BCUT2D eigenvalue weighted by Crippen LogP contribution is -2.60. The van der Waals surface area contributed by atoms with E-state index in [1.54, 1.807) is 0 Å². The summed E-state index contributed by atoms with van der Waals surface area (Å²) in [6.07, 6.45) is 0. The van der Waals surface area contributed by atoms with Crippen LogP contribution < -0.4 is 16.4 Å². The fourth-order valence-electron chi connectivity index (χ4n) is 13.1. The number of nitrogens with zero attached hydrogens (tertiary/aromatic N) is 2. The maximum absolute atomic E-state index is 2.74. The van der Waals surface area contributed by atoms with Crippen molar-refractivity contribution in [1.82, 2.24) is 9.13 Å². The molecule has 4 aliphatic rings. The maximum Gasteiger partial charge on any atom is 0.252 e. The van der Waals surface area contributed by atoms with Gasteiger partial charge in [0.2, 0.25) is 0 Å². The SMILES string of the molecule is Cc1ccc(-c2c(-c3ccc(C)cc3)n3c4c(cc5ccccc5c24)B2c4c-3ccc3c4-n4c5c2ccc(C)c5c2c(C)ccc(c24)C32c3ccccc3-c3ccccc32)cc1. The Kier molecular flexibility index (Phi) is 5.98. The molecule has 0 bridgehead atoms. The van der Waals surface area contributed by atoms with Gasteiger partial charge in [-0.15, -0.1) is 0 Å². The summed E-state index contributed by atoms with van der Waals surface area (Å²) in [5.41, 5.74) is 28.8. The van der Waals surface area contributed by atoms with Gasteiger partial charge in [0.25, 0.3) is 6.71 Å². The standard InChI is InChI=1S/C59H39BN2/c1-32-17-23-36(24-18-32)51-52-39-12-6-5-11-38(39)31-47-58(52)61(54(51)37-25-19-33(2)20-26-37)48-30-28-45-56-53(48)60(47)46-29-22-35(4)50-49-34(3)21-27-44(55(49)62(56)57(46)50)59(45)42-15-9-7-13-40(42)41-14-8-10-16-43(41)59/h5-31H,1-4H3. The Morgan fingerprint density at radius 3 is 1.77 bits per heavy atom. The van der Waals surface area contributed by atoms with Crippen molar-refractivity contribution in [3.63, 3.8) is 0 Å². The molecule has 0 fully saturated rings. The Balaban J connectivity index is 1.22. The average molecular weight is 787 g/mol. The van der Waals surface area contributed by atoms with E-state index in [-0.39, 0.29) is 6.71 Å². The molecule has 9 aromatic carbocycles. The van der Waals surface area contributed by atoms with Crippen LogP contribution in [0.3, 0.4) is 0 Å². The summed E-state index contributed by atoms with van der Waals surface area (Å²) in [6.45, 7) is 9.07. The van der Waals surface area contributed by atoms with Crippen LogP contribution in [-0.2, 0) is 5.41 Å². The Hall–Kier alpha value is -7.36. The number of fused-ring (bicyclic) bond motifs is 13. The van der Waals surface area contributed by atoms with Crippen molar-refractivity contribution in [2.24, 2.45) is 0 Å². The van der Waals surface area contributed by atoms with E-state index >= 15 is 0 Å². The number of benzene rings is 9. The fourth-order valence-corrected chi connectivity index (χ4v) is 13.1. The largest absolute Gasteiger partial charge is 0.310 e. The summed E-state index contributed by atoms with van der Waals surface area (Å²) in [7, 11) is 0. The zero-order valence-corrected chi connectivity index (χ0v) is 35.1. The summed E-state index contributed by atoms with van der Waals surface area (Å²) in [6, 6.07) is 63.5. The van der Waals surface area contributed by atoms with Crippen molar-refractivity contribution in [2.75, 3.05) is 0 Å². The molecule has 2 aromatic heterocycles. The molecule has 0 atom stereocenters. The molecule has 15 rings (SSSR count). The van der Waals surface area contributed by atoms with Crippen molar-refractivity contribution in [2.45, 2.75) is 33.1 Å². The van der Waals surface area contributed by atoms with Gasteiger partial charge in [0.05, 0.1) is 22.1 Å². The highest BCUT2D eigenvalue weighted by molar-refractivity contribution is 7.00. The first kappa shape index (κ1) is 33.4. The number of hydrogen-bond donors (Lipinski definition) is 0. The predicted octanol–water partition coefficient (Wildman–Crippen LogP) is 12.3. The van der Waals surface area contributed by atoms with E-state index in [0.29, 0.717) is 0 Å². The smallest absolute Gasteiger partial charge is 0.252 e. The van der Waals surface area contributed by atoms with Crippen LogP contribution in [0.25, 0.3) is 88.4 Å². The molecule has 0 saturated heterocycles. The molecule has 3 aliphatic heterocycles. The summed E-state index contributed by atoms with van der Waals surface area (Å²) in [5, 5.41) is 6.71. The summed E-state index contributed by atoms with van der Waals surface area (Å²) >= 11 is 0. The second-order valence-corrected chi connectivity index (χ2v) is 18.6. The van der Waals surface area contributed by atoms with Gasteiger partial charge in [-0.3, -0.25) is 0 Å². The molecule has 0 amide bonds. The van der Waals surface area contributed by atoms with Crippen LogP contribution in [0, 0.1) is 27.7 Å². The minimum atomic E-state index is -0.494. The van der Waals surface area contributed by atoms with E-state index in [1.807, 2.05) is 0 Å². The molecular formula is C59H39BN2. The quantitative estimate of drug-likeness (QED) is 0.155. The topological polar surface area (TPSA) is 9.86 Å². The van der Waals surface area contributed by atoms with Gasteiger partial charge in [-0.25, -0.2) is 0 Å². The Morgan fingerprint density at radius 2 is 1.05 bits per heavy atom. The molecule has 0 unspecified atom stereocenters. The lowest BCUT2D eigenvalue weighted by Gasteiger charge is -2.44. The average Bonchev–Trinajstić information content (AvgIpc) is 3.95. The number of aryl methyl sites for hydroxylation is 4. The molecule has 0 N–H and O–H groups in total. The van der Waals surface area contributed by atoms with E-state index in [0.717, 1.165) is 0 Å². The van der Waals surface area contributed by atoms with Gasteiger partial charge in [-0.2, -0.15) is 0 Å². The molecule has 5 heterocycles. The summed E-state index contributed by atoms with van der Waals surface area (Å²) < 4.78 is 5.43. The normalized spacial score (nSPS) is 14.2. The van der Waals surface area contributed by atoms with E-state index < -0.39 is 5.41 Å². The molecule has 0 radical (unpaired) electrons. The molecule has 3 heteroatoms. The van der Waals surface area contributed by atoms with Crippen molar-refractivity contribution in [3.05, 3.63) is 208 Å². The second kappa shape index (κ2) is 11.1. The Bertz CT molecular complexity index is 3850. The molecular weight excluding hydrogens is 747 g/mol. The van der Waals surface area contributed by atoms with E-state index in [1.165, 1.54) is 149 Å². The molecule has 62 heavy (non-hydrogen) atoms. The fraction of sp³-hybridized carbons (Fsp3) is 0.0847. The van der Waals surface area contributed by atoms with Crippen LogP contribution in [-0.4, -0.2) is 15.8 Å². The van der Waals surface area contributed by atoms with Gasteiger partial charge < -0.3 is 9.13 Å². The highest BCUT2D eigenvalue weighted by atomic mass is 15.1. The first-order chi connectivity index (χ1) is 30.4. The van der Waals surface area contributed by atoms with E-state index in [2.05, 4.69) is 201 Å². The van der Waals surface area contributed by atoms with Gasteiger partial charge in [-0.1, -0.05) is 169 Å². The first-order valence-corrected chi connectivity index (χ1v) is 22.1. The van der Waals surface area contributed by atoms with Gasteiger partial charge >= 0.3 is 0 Å². The molecule has 288 valence electrons. The van der Waals surface area contributed by atoms with Crippen LogP contribution in [0.15, 0.2) is 164 Å². The number of hydrogen-bond acceptors (Lipinski definition) is 0. The lowest BCUT2D eigenvalue weighted by atomic mass is 9.33. The van der Waals surface area contributed by atoms with E-state index in [4.69, 9.17) is 0 Å². The number of aromatic nitrogens is 2. The van der Waals surface area contributed by atoms with Crippen molar-refractivity contribution in [3.8, 4) is 44.9 Å². The minimum Gasteiger partial charge on any atom is -0.310 e. The van der Waals surface area contributed by atoms with Crippen molar-refractivity contribution in [1.29, 1.82) is 0 Å². The Morgan fingerprint density at radius 1 is 0.452 bits per heavy atom.